The van der Waals surface area contributed by atoms with Gasteiger partial charge in [-0.25, -0.2) is 24.9 Å². The van der Waals surface area contributed by atoms with Crippen molar-refractivity contribution in [2.45, 2.75) is 153 Å². The molecule has 0 aliphatic carbocycles. The lowest BCUT2D eigenvalue weighted by atomic mass is 9.88. The molecule has 0 saturated carbocycles. The van der Waals surface area contributed by atoms with Gasteiger partial charge in [-0.15, -0.1) is 0 Å². The number of fused-ring (bicyclic) bond motifs is 16. The maximum absolute atomic E-state index is 5.30. The standard InChI is InChI=1S/C35H44N4.C28H31N3.C17H16N2.C16H15N3.C12H13N3/c1-19(2)24-14-12-15-25(20(3)4)30(24)34-36-28-18-29-33(23(9)32(28)38(34)10)39(11)35(37-29)31-26(21(5)6)16-13-17-27(31)22(7)8;1-16(2)19-12-10-13-20(17(3)4)25(19)28-29-23-15-22-21-11-8-9-14-24(21)30(6)26(22)18(5)27(23)31(28)7;1-11-16-12(8-9-18(16)2)10-14-13-6-4-5-7-15(13)19(3)17(11)14;1-10-15-12(8-13-16(10)18(2)9-17-13)11-6-4-5-7-14(11)19(15)3;1-8-11-9(4-5-14(11)2)6-10-12(8)15(3)7-13-10/h12-22H,1-11H3;8-17H,1-7H3;4-10H,1-3H3;4-9H,1-3H3;4-7H,1-3H3. The van der Waals surface area contributed by atoms with Gasteiger partial charge in [0.25, 0.3) is 0 Å². The summed E-state index contributed by atoms with van der Waals surface area (Å²) in [5.74, 6) is 5.71. The van der Waals surface area contributed by atoms with Crippen LogP contribution in [0.15, 0.2) is 195 Å². The maximum atomic E-state index is 5.30. The Bertz CT molecular complexity index is 7350. The van der Waals surface area contributed by atoms with Crippen molar-refractivity contribution >= 4 is 142 Å². The third-order valence-electron chi connectivity index (χ3n) is 26.7. The van der Waals surface area contributed by atoms with E-state index in [9.17, 15) is 0 Å². The fourth-order valence-corrected chi connectivity index (χ4v) is 20.9. The van der Waals surface area contributed by atoms with Crippen LogP contribution in [0, 0.1) is 34.6 Å². The van der Waals surface area contributed by atoms with Crippen LogP contribution >= 0.6 is 0 Å². The van der Waals surface area contributed by atoms with Crippen LogP contribution < -0.4 is 0 Å². The number of para-hydroxylation sites is 3. The molecule has 123 heavy (non-hydrogen) atoms. The number of imidazole rings is 5. The molecule has 21 rings (SSSR count). The van der Waals surface area contributed by atoms with E-state index >= 15 is 0 Å². The first-order valence-corrected chi connectivity index (χ1v) is 43.9. The maximum Gasteiger partial charge on any atom is 0.141 e. The molecule has 10 heterocycles. The molecule has 0 fully saturated rings. The smallest absolute Gasteiger partial charge is 0.141 e. The Labute approximate surface area is 722 Å². The lowest BCUT2D eigenvalue weighted by Crippen LogP contribution is -2.05. The van der Waals surface area contributed by atoms with E-state index in [1.165, 1.54) is 193 Å². The van der Waals surface area contributed by atoms with Gasteiger partial charge in [-0.05, 0) is 186 Å². The SMILES string of the molecule is Cc1c2c(cc3c4ccccc4n(C)c13)nc(-c1c(C(C)C)cccc1C(C)C)n2C.Cc1c2c(cc3c4ccccc4n(C)c13)ncn2C.Cc1c2c(cc3nc(-c4c(C(C)C)cccc4C(C)C)n(C)c13)nc(-c1c(C(C)C)cccc1C(C)C)n2C.Cc1c2c(ccn2C)cc2c3ccccc3n(C)c12.Cc1c2c(ccn2C)cc2ncn(C)c12. The number of rotatable bonds is 9. The fraction of sp³-hybridized carbons (Fsp3) is 0.306. The molecule has 0 amide bonds. The Kier molecular flexibility index (Phi) is 21.2. The minimum Gasteiger partial charge on any atom is -0.350 e. The molecule has 21 aromatic rings. The van der Waals surface area contributed by atoms with E-state index in [4.69, 9.17) is 15.0 Å². The lowest BCUT2D eigenvalue weighted by molar-refractivity contribution is 0.827. The first kappa shape index (κ1) is 82.6. The highest BCUT2D eigenvalue weighted by Crippen LogP contribution is 2.46. The zero-order chi connectivity index (χ0) is 87.2. The number of nitrogens with zero attached hydrogens (tertiary/aromatic N) is 15. The van der Waals surface area contributed by atoms with Crippen molar-refractivity contribution in [2.75, 3.05) is 0 Å². The summed E-state index contributed by atoms with van der Waals surface area (Å²) < 4.78 is 22.4. The number of aryl methyl sites for hydroxylation is 15. The molecule has 11 aromatic carbocycles. The second-order valence-corrected chi connectivity index (χ2v) is 36.5. The Balaban J connectivity index is 0.000000114. The first-order valence-electron chi connectivity index (χ1n) is 43.9. The van der Waals surface area contributed by atoms with Gasteiger partial charge in [0.05, 0.1) is 95.4 Å². The highest BCUT2D eigenvalue weighted by Gasteiger charge is 2.29. The van der Waals surface area contributed by atoms with Gasteiger partial charge in [0.2, 0.25) is 0 Å². The average Bonchev–Trinajstić information content (AvgIpc) is 1.59. The van der Waals surface area contributed by atoms with Gasteiger partial charge in [-0.3, -0.25) is 0 Å². The summed E-state index contributed by atoms with van der Waals surface area (Å²) in [5, 5.41) is 10.5. The van der Waals surface area contributed by atoms with E-state index in [0.717, 1.165) is 45.1 Å². The quantitative estimate of drug-likeness (QED) is 0.143. The second-order valence-electron chi connectivity index (χ2n) is 36.5. The van der Waals surface area contributed by atoms with Gasteiger partial charge in [0, 0.05) is 165 Å². The largest absolute Gasteiger partial charge is 0.350 e. The normalized spacial score (nSPS) is 12.1. The van der Waals surface area contributed by atoms with Crippen molar-refractivity contribution in [1.82, 2.24) is 70.6 Å². The predicted octanol–water partition coefficient (Wildman–Crippen LogP) is 27.1. The first-order chi connectivity index (χ1) is 58.8. The average molecular weight is 1630 g/mol. The van der Waals surface area contributed by atoms with Gasteiger partial charge in [0.15, 0.2) is 0 Å². The van der Waals surface area contributed by atoms with Gasteiger partial charge in [-0.1, -0.05) is 192 Å². The summed E-state index contributed by atoms with van der Waals surface area (Å²) in [7, 11) is 21.3. The summed E-state index contributed by atoms with van der Waals surface area (Å²) >= 11 is 0. The highest BCUT2D eigenvalue weighted by molar-refractivity contribution is 6.17. The van der Waals surface area contributed by atoms with Crippen LogP contribution in [-0.4, -0.2) is 70.6 Å². The number of benzene rings is 11. The number of aromatic nitrogens is 15. The molecule has 0 unspecified atom stereocenters. The van der Waals surface area contributed by atoms with E-state index < -0.39 is 0 Å². The van der Waals surface area contributed by atoms with Crippen LogP contribution in [-0.2, 0) is 70.5 Å². The zero-order valence-electron chi connectivity index (χ0n) is 77.1. The number of hydrogen-bond donors (Lipinski definition) is 0. The molecule has 15 nitrogen and oxygen atoms in total. The Morgan fingerprint density at radius 3 is 0.837 bits per heavy atom. The molecule has 0 saturated heterocycles. The summed E-state index contributed by atoms with van der Waals surface area (Å²) in [4.78, 5) is 24.7. The minimum atomic E-state index is 0.416. The molecule has 0 aliphatic rings. The van der Waals surface area contributed by atoms with Crippen LogP contribution in [0.5, 0.6) is 0 Å². The van der Waals surface area contributed by atoms with Crippen molar-refractivity contribution in [2.24, 2.45) is 70.5 Å². The van der Waals surface area contributed by atoms with Crippen LogP contribution in [0.25, 0.3) is 177 Å². The van der Waals surface area contributed by atoms with Crippen molar-refractivity contribution in [3.05, 3.63) is 256 Å². The van der Waals surface area contributed by atoms with Crippen LogP contribution in [0.4, 0.5) is 0 Å². The molecule has 626 valence electrons. The molecular formula is C108H119N15. The van der Waals surface area contributed by atoms with E-state index in [1.54, 1.807) is 0 Å². The topological polar surface area (TPSA) is 114 Å². The van der Waals surface area contributed by atoms with Crippen LogP contribution in [0.2, 0.25) is 0 Å². The third kappa shape index (κ3) is 13.4. The molecule has 0 N–H and O–H groups in total. The summed E-state index contributed by atoms with van der Waals surface area (Å²) in [5.41, 5.74) is 40.2. The van der Waals surface area contributed by atoms with Crippen molar-refractivity contribution in [3.8, 4) is 34.2 Å². The Morgan fingerprint density at radius 1 is 0.228 bits per heavy atom. The van der Waals surface area contributed by atoms with Crippen molar-refractivity contribution in [1.29, 1.82) is 0 Å². The fourth-order valence-electron chi connectivity index (χ4n) is 20.9. The zero-order valence-corrected chi connectivity index (χ0v) is 77.1. The molecule has 0 bridgehead atoms. The van der Waals surface area contributed by atoms with Gasteiger partial charge in [0.1, 0.15) is 17.5 Å². The molecule has 15 heteroatoms. The van der Waals surface area contributed by atoms with Crippen molar-refractivity contribution in [3.63, 3.8) is 0 Å². The molecular weight excluding hydrogens is 1510 g/mol. The second kappa shape index (κ2) is 31.6. The van der Waals surface area contributed by atoms with Gasteiger partial charge >= 0.3 is 0 Å². The third-order valence-corrected chi connectivity index (χ3v) is 26.7. The van der Waals surface area contributed by atoms with E-state index in [2.05, 4.69) is 419 Å². The van der Waals surface area contributed by atoms with E-state index in [1.807, 2.05) is 19.7 Å². The van der Waals surface area contributed by atoms with Gasteiger partial charge in [-0.2, -0.15) is 0 Å². The predicted molar refractivity (Wildman–Crippen MR) is 523 cm³/mol. The Morgan fingerprint density at radius 2 is 0.496 bits per heavy atom. The van der Waals surface area contributed by atoms with E-state index in [-0.39, 0.29) is 0 Å². The summed E-state index contributed by atoms with van der Waals surface area (Å²) in [6.45, 7) is 38.3. The molecule has 0 atom stereocenters. The monoisotopic (exact) mass is 1630 g/mol. The Hall–Kier alpha value is -12.8. The van der Waals surface area contributed by atoms with Crippen LogP contribution in [0.1, 0.15) is 180 Å². The number of hydrogen-bond acceptors (Lipinski definition) is 5. The molecule has 0 radical (unpaired) electrons. The van der Waals surface area contributed by atoms with Crippen LogP contribution in [0.3, 0.4) is 0 Å². The summed E-state index contributed by atoms with van der Waals surface area (Å²) in [6.07, 6.45) is 7.99. The minimum absolute atomic E-state index is 0.416. The van der Waals surface area contributed by atoms with E-state index in [0.29, 0.717) is 35.5 Å². The van der Waals surface area contributed by atoms with Gasteiger partial charge < -0.3 is 45.7 Å². The molecule has 0 aliphatic heterocycles. The molecule has 0 spiro atoms. The van der Waals surface area contributed by atoms with Crippen molar-refractivity contribution < 1.29 is 0 Å². The lowest BCUT2D eigenvalue weighted by Gasteiger charge is -2.19. The highest BCUT2D eigenvalue weighted by atomic mass is 15.1. The molecule has 10 aromatic heterocycles. The summed E-state index contributed by atoms with van der Waals surface area (Å²) in [6, 6.07) is 61.5.